The molecule has 0 saturated carbocycles. The lowest BCUT2D eigenvalue weighted by Crippen LogP contribution is -2.26. The van der Waals surface area contributed by atoms with Crippen molar-refractivity contribution in [2.45, 2.75) is 40.5 Å². The van der Waals surface area contributed by atoms with Gasteiger partial charge in [0.2, 0.25) is 0 Å². The highest BCUT2D eigenvalue weighted by Crippen LogP contribution is 2.42. The second kappa shape index (κ2) is 4.13. The minimum Gasteiger partial charge on any atom is -0.197 e. The third-order valence-corrected chi connectivity index (χ3v) is 4.45. The number of aromatic amines is 1. The van der Waals surface area contributed by atoms with Crippen molar-refractivity contribution in [3.05, 3.63) is 23.8 Å². The minimum absolute atomic E-state index is 0.243. The quantitative estimate of drug-likeness (QED) is 0.874. The zero-order chi connectivity index (χ0) is 12.6. The van der Waals surface area contributed by atoms with Gasteiger partial charge in [0.1, 0.15) is 11.0 Å². The molecule has 1 aromatic carbocycles. The molecule has 0 saturated heterocycles. The first-order valence-corrected chi connectivity index (χ1v) is 6.24. The average molecular weight is 231 g/mol. The minimum atomic E-state index is 0.243. The number of aromatic nitrogens is 3. The fourth-order valence-corrected chi connectivity index (χ4v) is 2.14. The molecular weight excluding hydrogens is 210 g/mol. The molecule has 1 atom stereocenters. The van der Waals surface area contributed by atoms with Crippen molar-refractivity contribution < 1.29 is 0 Å². The highest BCUT2D eigenvalue weighted by atomic mass is 15.3. The topological polar surface area (TPSA) is 41.6 Å². The van der Waals surface area contributed by atoms with Crippen molar-refractivity contribution in [1.82, 2.24) is 15.4 Å². The Morgan fingerprint density at radius 1 is 1.12 bits per heavy atom. The average Bonchev–Trinajstić information content (AvgIpc) is 2.75. The van der Waals surface area contributed by atoms with Crippen LogP contribution in [0.15, 0.2) is 18.2 Å². The molecule has 2 aromatic rings. The SMILES string of the molecule is CC(C)C(C)(C)C(C)c1cccc2n[nH]nc12. The fourth-order valence-electron chi connectivity index (χ4n) is 2.14. The normalized spacial score (nSPS) is 14.5. The summed E-state index contributed by atoms with van der Waals surface area (Å²) in [6.45, 7) is 11.5. The summed E-state index contributed by atoms with van der Waals surface area (Å²) in [5, 5.41) is 11.1. The van der Waals surface area contributed by atoms with Crippen LogP contribution in [0, 0.1) is 11.3 Å². The predicted octanol–water partition coefficient (Wildman–Crippen LogP) is 3.74. The Balaban J connectivity index is 2.50. The van der Waals surface area contributed by atoms with Crippen LogP contribution in [0.5, 0.6) is 0 Å². The smallest absolute Gasteiger partial charge is 0.116 e. The summed E-state index contributed by atoms with van der Waals surface area (Å²) in [5.41, 5.74) is 3.49. The number of H-pyrrole nitrogens is 1. The van der Waals surface area contributed by atoms with Gasteiger partial charge in [-0.2, -0.15) is 15.4 Å². The summed E-state index contributed by atoms with van der Waals surface area (Å²) >= 11 is 0. The van der Waals surface area contributed by atoms with Gasteiger partial charge in [0, 0.05) is 0 Å². The number of nitrogens with one attached hydrogen (secondary N) is 1. The molecule has 0 spiro atoms. The predicted molar refractivity (Wildman–Crippen MR) is 70.9 cm³/mol. The second-order valence-electron chi connectivity index (χ2n) is 5.74. The van der Waals surface area contributed by atoms with Gasteiger partial charge in [0.25, 0.3) is 0 Å². The maximum atomic E-state index is 4.28. The third-order valence-electron chi connectivity index (χ3n) is 4.45. The van der Waals surface area contributed by atoms with Crippen molar-refractivity contribution in [1.29, 1.82) is 0 Å². The lowest BCUT2D eigenvalue weighted by molar-refractivity contribution is 0.204. The zero-order valence-corrected chi connectivity index (χ0v) is 11.3. The zero-order valence-electron chi connectivity index (χ0n) is 11.3. The summed E-state index contributed by atoms with van der Waals surface area (Å²) in [6.07, 6.45) is 0. The van der Waals surface area contributed by atoms with E-state index in [1.54, 1.807) is 0 Å². The standard InChI is InChI=1S/C14H21N3/c1-9(2)14(4,5)10(3)11-7-6-8-12-13(11)16-17-15-12/h6-10H,1-5H3,(H,15,16,17). The molecule has 0 aliphatic carbocycles. The van der Waals surface area contributed by atoms with Gasteiger partial charge in [-0.1, -0.05) is 46.8 Å². The number of hydrogen-bond acceptors (Lipinski definition) is 2. The lowest BCUT2D eigenvalue weighted by Gasteiger charge is -2.36. The van der Waals surface area contributed by atoms with Crippen LogP contribution in [-0.4, -0.2) is 15.4 Å². The molecule has 1 heterocycles. The molecule has 0 amide bonds. The van der Waals surface area contributed by atoms with Gasteiger partial charge in [-0.3, -0.25) is 0 Å². The summed E-state index contributed by atoms with van der Waals surface area (Å²) < 4.78 is 0. The highest BCUT2D eigenvalue weighted by Gasteiger charge is 2.31. The van der Waals surface area contributed by atoms with Gasteiger partial charge >= 0.3 is 0 Å². The van der Waals surface area contributed by atoms with Crippen LogP contribution < -0.4 is 0 Å². The third kappa shape index (κ3) is 1.94. The Morgan fingerprint density at radius 2 is 1.82 bits per heavy atom. The molecule has 3 nitrogen and oxygen atoms in total. The van der Waals surface area contributed by atoms with Crippen LogP contribution >= 0.6 is 0 Å². The van der Waals surface area contributed by atoms with Crippen LogP contribution in [0.4, 0.5) is 0 Å². The molecule has 0 aliphatic heterocycles. The summed E-state index contributed by atoms with van der Waals surface area (Å²) in [7, 11) is 0. The number of benzene rings is 1. The molecule has 0 fully saturated rings. The van der Waals surface area contributed by atoms with Crippen LogP contribution in [0.25, 0.3) is 11.0 Å². The van der Waals surface area contributed by atoms with E-state index in [1.807, 2.05) is 6.07 Å². The Kier molecular flexibility index (Phi) is 2.94. The summed E-state index contributed by atoms with van der Waals surface area (Å²) in [4.78, 5) is 0. The van der Waals surface area contributed by atoms with Gasteiger partial charge in [-0.25, -0.2) is 0 Å². The molecule has 1 N–H and O–H groups in total. The van der Waals surface area contributed by atoms with Crippen LogP contribution in [0.3, 0.4) is 0 Å². The van der Waals surface area contributed by atoms with E-state index in [4.69, 9.17) is 0 Å². The Morgan fingerprint density at radius 3 is 2.47 bits per heavy atom. The van der Waals surface area contributed by atoms with E-state index in [-0.39, 0.29) is 5.41 Å². The molecule has 0 radical (unpaired) electrons. The van der Waals surface area contributed by atoms with Gasteiger partial charge in [-0.05, 0) is 28.9 Å². The number of nitrogens with zero attached hydrogens (tertiary/aromatic N) is 2. The molecule has 92 valence electrons. The molecule has 0 aliphatic rings. The summed E-state index contributed by atoms with van der Waals surface area (Å²) in [5.74, 6) is 1.08. The van der Waals surface area contributed by atoms with Crippen LogP contribution in [-0.2, 0) is 0 Å². The molecule has 1 aromatic heterocycles. The van der Waals surface area contributed by atoms with E-state index < -0.39 is 0 Å². The number of hydrogen-bond donors (Lipinski definition) is 1. The van der Waals surface area contributed by atoms with Gasteiger partial charge in [-0.15, -0.1) is 0 Å². The summed E-state index contributed by atoms with van der Waals surface area (Å²) in [6, 6.07) is 6.23. The van der Waals surface area contributed by atoms with Gasteiger partial charge < -0.3 is 0 Å². The van der Waals surface area contributed by atoms with Crippen molar-refractivity contribution in [3.8, 4) is 0 Å². The van der Waals surface area contributed by atoms with E-state index in [9.17, 15) is 0 Å². The first kappa shape index (κ1) is 12.1. The second-order valence-corrected chi connectivity index (χ2v) is 5.74. The van der Waals surface area contributed by atoms with Gasteiger partial charge in [0.05, 0.1) is 0 Å². The van der Waals surface area contributed by atoms with E-state index in [0.717, 1.165) is 11.0 Å². The highest BCUT2D eigenvalue weighted by molar-refractivity contribution is 5.77. The van der Waals surface area contributed by atoms with Gasteiger partial charge in [0.15, 0.2) is 0 Å². The lowest BCUT2D eigenvalue weighted by atomic mass is 9.69. The molecule has 1 unspecified atom stereocenters. The number of fused-ring (bicyclic) bond motifs is 1. The molecular formula is C14H21N3. The van der Waals surface area contributed by atoms with Crippen molar-refractivity contribution in [2.75, 3.05) is 0 Å². The molecule has 17 heavy (non-hydrogen) atoms. The van der Waals surface area contributed by atoms with Crippen LogP contribution in [0.1, 0.15) is 46.1 Å². The van der Waals surface area contributed by atoms with E-state index in [1.165, 1.54) is 5.56 Å². The first-order valence-electron chi connectivity index (χ1n) is 6.24. The maximum Gasteiger partial charge on any atom is 0.116 e. The fraction of sp³-hybridized carbons (Fsp3) is 0.571. The maximum absolute atomic E-state index is 4.28. The molecule has 2 rings (SSSR count). The largest absolute Gasteiger partial charge is 0.197 e. The monoisotopic (exact) mass is 231 g/mol. The molecule has 3 heteroatoms. The Bertz CT molecular complexity index is 511. The van der Waals surface area contributed by atoms with Crippen molar-refractivity contribution in [2.24, 2.45) is 11.3 Å². The van der Waals surface area contributed by atoms with Crippen molar-refractivity contribution >= 4 is 11.0 Å². The van der Waals surface area contributed by atoms with E-state index in [0.29, 0.717) is 11.8 Å². The van der Waals surface area contributed by atoms with Crippen molar-refractivity contribution in [3.63, 3.8) is 0 Å². The Labute approximate surface area is 103 Å². The van der Waals surface area contributed by atoms with E-state index in [2.05, 4.69) is 62.2 Å². The first-order chi connectivity index (χ1) is 7.94. The number of rotatable bonds is 3. The van der Waals surface area contributed by atoms with E-state index >= 15 is 0 Å². The molecule has 0 bridgehead atoms. The Hall–Kier alpha value is -1.38. The number of para-hydroxylation sites is 1. The van der Waals surface area contributed by atoms with Crippen LogP contribution in [0.2, 0.25) is 0 Å².